The van der Waals surface area contributed by atoms with Gasteiger partial charge in [-0.15, -0.1) is 0 Å². The van der Waals surface area contributed by atoms with Crippen LogP contribution < -0.4 is 0 Å². The summed E-state index contributed by atoms with van der Waals surface area (Å²) in [5.41, 5.74) is 2.64. The summed E-state index contributed by atoms with van der Waals surface area (Å²) in [5, 5.41) is 0. The number of hydrogen-bond acceptors (Lipinski definition) is 0. The number of benzene rings is 2. The minimum absolute atomic E-state index is 0. The Morgan fingerprint density at radius 1 is 0.533 bits per heavy atom. The summed E-state index contributed by atoms with van der Waals surface area (Å²) < 4.78 is 0. The molecule has 0 nitrogen and oxygen atoms in total. The third-order valence-electron chi connectivity index (χ3n) is 1.88. The van der Waals surface area contributed by atoms with Crippen LogP contribution in [-0.4, -0.2) is 0 Å². The van der Waals surface area contributed by atoms with Gasteiger partial charge in [0.15, 0.2) is 0 Å². The van der Waals surface area contributed by atoms with E-state index in [2.05, 4.69) is 38.1 Å². The van der Waals surface area contributed by atoms with Crippen molar-refractivity contribution in [2.24, 2.45) is 0 Å². The first-order valence-corrected chi connectivity index (χ1v) is 4.82. The molecule has 0 fully saturated rings. The quantitative estimate of drug-likeness (QED) is 0.613. The van der Waals surface area contributed by atoms with Gasteiger partial charge >= 0.3 is 0 Å². The van der Waals surface area contributed by atoms with Crippen molar-refractivity contribution in [3.63, 3.8) is 0 Å². The summed E-state index contributed by atoms with van der Waals surface area (Å²) in [6.07, 6.45) is 0. The van der Waals surface area contributed by atoms with Gasteiger partial charge in [0.25, 0.3) is 0 Å². The first-order valence-electron chi connectivity index (χ1n) is 4.82. The predicted octanol–water partition coefficient (Wildman–Crippen LogP) is 3.99. The average molecular weight is 243 g/mol. The zero-order valence-corrected chi connectivity index (χ0v) is 10.1. The fourth-order valence-corrected chi connectivity index (χ4v) is 1.07. The van der Waals surface area contributed by atoms with E-state index in [0.29, 0.717) is 0 Å². The molecule has 0 atom stereocenters. The number of aryl methyl sites for hydroxylation is 2. The first kappa shape index (κ1) is 13.9. The summed E-state index contributed by atoms with van der Waals surface area (Å²) in [6.45, 7) is 4.17. The molecule has 0 aliphatic rings. The Morgan fingerprint density at radius 2 is 0.800 bits per heavy atom. The predicted molar refractivity (Wildman–Crippen MR) is 62.4 cm³/mol. The molecule has 15 heavy (non-hydrogen) atoms. The van der Waals surface area contributed by atoms with Crippen LogP contribution in [0.3, 0.4) is 0 Å². The first-order chi connectivity index (χ1) is 6.79. The third-order valence-corrected chi connectivity index (χ3v) is 1.88. The van der Waals surface area contributed by atoms with Crippen LogP contribution in [0.15, 0.2) is 60.7 Å². The van der Waals surface area contributed by atoms with Crippen LogP contribution in [-0.2, 0) is 16.5 Å². The Bertz CT molecular complexity index is 303. The van der Waals surface area contributed by atoms with E-state index < -0.39 is 0 Å². The minimum Gasteiger partial charge on any atom is -0.0622 e. The van der Waals surface area contributed by atoms with E-state index in [9.17, 15) is 0 Å². The number of rotatable bonds is 0. The van der Waals surface area contributed by atoms with Gasteiger partial charge in [0.1, 0.15) is 0 Å². The van der Waals surface area contributed by atoms with Crippen LogP contribution in [0.25, 0.3) is 0 Å². The summed E-state index contributed by atoms with van der Waals surface area (Å²) in [5.74, 6) is 0. The summed E-state index contributed by atoms with van der Waals surface area (Å²) in [6, 6.07) is 20.5. The molecular formula is C14H16Ni. The molecule has 2 rings (SSSR count). The zero-order valence-electron chi connectivity index (χ0n) is 9.09. The van der Waals surface area contributed by atoms with Gasteiger partial charge in [-0.05, 0) is 13.8 Å². The molecular weight excluding hydrogens is 227 g/mol. The largest absolute Gasteiger partial charge is 0.0622 e. The van der Waals surface area contributed by atoms with E-state index in [1.807, 2.05) is 36.4 Å². The molecule has 0 heterocycles. The van der Waals surface area contributed by atoms with Gasteiger partial charge in [0.05, 0.1) is 0 Å². The molecule has 2 aromatic rings. The van der Waals surface area contributed by atoms with Crippen molar-refractivity contribution in [3.05, 3.63) is 71.8 Å². The maximum absolute atomic E-state index is 2.08. The number of hydrogen-bond donors (Lipinski definition) is 0. The van der Waals surface area contributed by atoms with Crippen LogP contribution in [0.4, 0.5) is 0 Å². The van der Waals surface area contributed by atoms with Crippen molar-refractivity contribution >= 4 is 0 Å². The van der Waals surface area contributed by atoms with Crippen molar-refractivity contribution < 1.29 is 16.5 Å². The fourth-order valence-electron chi connectivity index (χ4n) is 1.07. The van der Waals surface area contributed by atoms with Gasteiger partial charge < -0.3 is 0 Å². The maximum Gasteiger partial charge on any atom is 0 e. The monoisotopic (exact) mass is 242 g/mol. The molecule has 0 unspecified atom stereocenters. The van der Waals surface area contributed by atoms with Crippen molar-refractivity contribution in [3.8, 4) is 0 Å². The Morgan fingerprint density at radius 3 is 0.933 bits per heavy atom. The molecule has 82 valence electrons. The molecule has 1 heteroatoms. The molecule has 0 N–H and O–H groups in total. The molecule has 0 saturated carbocycles. The molecule has 2 aromatic carbocycles. The van der Waals surface area contributed by atoms with E-state index in [-0.39, 0.29) is 16.5 Å². The van der Waals surface area contributed by atoms with Crippen LogP contribution in [0.2, 0.25) is 0 Å². The normalized spacial score (nSPS) is 8.13. The van der Waals surface area contributed by atoms with E-state index in [4.69, 9.17) is 0 Å². The van der Waals surface area contributed by atoms with Crippen molar-refractivity contribution in [2.75, 3.05) is 0 Å². The van der Waals surface area contributed by atoms with E-state index in [0.717, 1.165) is 0 Å². The smallest absolute Gasteiger partial charge is 0 e. The fraction of sp³-hybridized carbons (Fsp3) is 0.143. The van der Waals surface area contributed by atoms with Gasteiger partial charge in [-0.25, -0.2) is 0 Å². The molecule has 0 amide bonds. The average Bonchev–Trinajstić information content (AvgIpc) is 2.21. The summed E-state index contributed by atoms with van der Waals surface area (Å²) >= 11 is 0. The van der Waals surface area contributed by atoms with Crippen molar-refractivity contribution in [1.29, 1.82) is 0 Å². The van der Waals surface area contributed by atoms with Gasteiger partial charge in [-0.3, -0.25) is 0 Å². The Hall–Kier alpha value is -1.07. The third kappa shape index (κ3) is 6.93. The summed E-state index contributed by atoms with van der Waals surface area (Å²) in [4.78, 5) is 0. The Kier molecular flexibility index (Phi) is 7.67. The molecule has 0 bridgehead atoms. The van der Waals surface area contributed by atoms with E-state index in [1.165, 1.54) is 11.1 Å². The van der Waals surface area contributed by atoms with Crippen molar-refractivity contribution in [1.82, 2.24) is 0 Å². The Balaban J connectivity index is 0.000000245. The van der Waals surface area contributed by atoms with Crippen LogP contribution in [0.1, 0.15) is 11.1 Å². The SMILES string of the molecule is Cc1ccccc1.Cc1ccccc1.[Ni]. The maximum atomic E-state index is 2.08. The Labute approximate surface area is 102 Å². The second-order valence-corrected chi connectivity index (χ2v) is 3.31. The zero-order chi connectivity index (χ0) is 10.2. The molecule has 0 aliphatic carbocycles. The molecule has 0 aromatic heterocycles. The van der Waals surface area contributed by atoms with Gasteiger partial charge in [-0.2, -0.15) is 0 Å². The molecule has 0 saturated heterocycles. The van der Waals surface area contributed by atoms with Gasteiger partial charge in [-0.1, -0.05) is 71.8 Å². The van der Waals surface area contributed by atoms with Gasteiger partial charge in [0, 0.05) is 16.5 Å². The standard InChI is InChI=1S/2C7H8.Ni/c2*1-7-5-3-2-4-6-7;/h2*2-6H,1H3;. The topological polar surface area (TPSA) is 0 Å². The van der Waals surface area contributed by atoms with Crippen LogP contribution in [0, 0.1) is 13.8 Å². The second-order valence-electron chi connectivity index (χ2n) is 3.31. The molecule has 0 aliphatic heterocycles. The van der Waals surface area contributed by atoms with Crippen LogP contribution in [0.5, 0.6) is 0 Å². The van der Waals surface area contributed by atoms with E-state index >= 15 is 0 Å². The van der Waals surface area contributed by atoms with E-state index in [1.54, 1.807) is 0 Å². The summed E-state index contributed by atoms with van der Waals surface area (Å²) in [7, 11) is 0. The molecule has 0 spiro atoms. The second kappa shape index (κ2) is 8.26. The van der Waals surface area contributed by atoms with Crippen molar-refractivity contribution in [2.45, 2.75) is 13.8 Å². The van der Waals surface area contributed by atoms with Gasteiger partial charge in [0.2, 0.25) is 0 Å². The minimum atomic E-state index is 0. The molecule has 0 radical (unpaired) electrons. The van der Waals surface area contributed by atoms with Crippen LogP contribution >= 0.6 is 0 Å².